The smallest absolute Gasteiger partial charge is 0.394 e. The van der Waals surface area contributed by atoms with E-state index in [1.54, 1.807) is 13.8 Å². The number of nitriles is 1. The molecule has 0 unspecified atom stereocenters. The number of aromatic nitrogens is 3. The normalized spacial score (nSPS) is 11.8. The zero-order valence-electron chi connectivity index (χ0n) is 17.4. The van der Waals surface area contributed by atoms with Gasteiger partial charge in [0.25, 0.3) is 0 Å². The van der Waals surface area contributed by atoms with Gasteiger partial charge in [-0.3, -0.25) is 4.57 Å². The average molecular weight is 424 g/mol. The highest BCUT2D eigenvalue weighted by atomic mass is 19.4. The summed E-state index contributed by atoms with van der Waals surface area (Å²) >= 11 is 0. The van der Waals surface area contributed by atoms with Gasteiger partial charge in [0.1, 0.15) is 11.9 Å². The molecule has 0 spiro atoms. The van der Waals surface area contributed by atoms with Gasteiger partial charge in [0, 0.05) is 12.6 Å². The first-order valence-electron chi connectivity index (χ1n) is 9.29. The second kappa shape index (κ2) is 8.73. The van der Waals surface area contributed by atoms with Crippen LogP contribution in [0.3, 0.4) is 0 Å². The first-order chi connectivity index (χ1) is 14.0. The number of rotatable bonds is 7. The van der Waals surface area contributed by atoms with Gasteiger partial charge in [0.2, 0.25) is 0 Å². The van der Waals surface area contributed by atoms with E-state index in [1.807, 2.05) is 6.07 Å². The molecule has 2 rings (SSSR count). The summed E-state index contributed by atoms with van der Waals surface area (Å²) in [6.07, 6.45) is -3.03. The molecule has 0 bridgehead atoms. The Labute approximate surface area is 172 Å². The number of ether oxygens (including phenoxy) is 2. The van der Waals surface area contributed by atoms with Crippen molar-refractivity contribution in [2.45, 2.75) is 46.7 Å². The number of pyridine rings is 1. The minimum Gasteiger partial charge on any atom is -0.493 e. The lowest BCUT2D eigenvalue weighted by Crippen LogP contribution is -2.34. The van der Waals surface area contributed by atoms with E-state index in [4.69, 9.17) is 9.47 Å². The van der Waals surface area contributed by atoms with Gasteiger partial charge in [-0.1, -0.05) is 20.8 Å². The molecule has 2 aromatic heterocycles. The van der Waals surface area contributed by atoms with Gasteiger partial charge in [-0.05, 0) is 25.0 Å². The Morgan fingerprint density at radius 2 is 1.97 bits per heavy atom. The zero-order chi connectivity index (χ0) is 22.7. The second-order valence-electron chi connectivity index (χ2n) is 7.17. The first kappa shape index (κ1) is 23.2. The van der Waals surface area contributed by atoms with E-state index in [2.05, 4.69) is 9.97 Å². The van der Waals surface area contributed by atoms with Crippen molar-refractivity contribution in [2.75, 3.05) is 13.7 Å². The molecule has 0 saturated heterocycles. The van der Waals surface area contributed by atoms with Crippen LogP contribution in [0.5, 0.6) is 5.75 Å². The molecule has 30 heavy (non-hydrogen) atoms. The van der Waals surface area contributed by atoms with Crippen LogP contribution < -0.4 is 4.74 Å². The number of hydrogen-bond donors (Lipinski definition) is 0. The molecule has 0 aliphatic rings. The Kier molecular flexibility index (Phi) is 6.75. The largest absolute Gasteiger partial charge is 0.493 e. The molecule has 10 heteroatoms. The highest BCUT2D eigenvalue weighted by Crippen LogP contribution is 2.40. The Hall–Kier alpha value is -3.09. The zero-order valence-corrected chi connectivity index (χ0v) is 17.4. The summed E-state index contributed by atoms with van der Waals surface area (Å²) in [7, 11) is 1.35. The lowest BCUT2D eigenvalue weighted by molar-refractivity contribution is -0.211. The number of nitrogens with zero attached hydrogens (tertiary/aromatic N) is 4. The molecular weight excluding hydrogens is 401 g/mol. The molecule has 2 heterocycles. The topological polar surface area (TPSA) is 90.0 Å². The fourth-order valence-corrected chi connectivity index (χ4v) is 2.88. The van der Waals surface area contributed by atoms with Crippen LogP contribution in [0.2, 0.25) is 0 Å². The van der Waals surface area contributed by atoms with Crippen LogP contribution in [0.4, 0.5) is 13.2 Å². The molecule has 0 aliphatic carbocycles. The number of esters is 1. The third-order valence-electron chi connectivity index (χ3n) is 4.57. The van der Waals surface area contributed by atoms with Crippen molar-refractivity contribution in [2.24, 2.45) is 5.41 Å². The van der Waals surface area contributed by atoms with E-state index >= 15 is 0 Å². The maximum atomic E-state index is 13.2. The quantitative estimate of drug-likeness (QED) is 0.624. The van der Waals surface area contributed by atoms with Crippen molar-refractivity contribution in [3.63, 3.8) is 0 Å². The lowest BCUT2D eigenvalue weighted by atomic mass is 9.85. The van der Waals surface area contributed by atoms with Gasteiger partial charge in [-0.2, -0.15) is 18.4 Å². The van der Waals surface area contributed by atoms with Crippen LogP contribution in [0.1, 0.15) is 55.3 Å². The first-order valence-corrected chi connectivity index (χ1v) is 9.29. The summed E-state index contributed by atoms with van der Waals surface area (Å²) < 4.78 is 51.4. The number of hydrogen-bond acceptors (Lipinski definition) is 6. The van der Waals surface area contributed by atoms with Crippen molar-refractivity contribution >= 4 is 5.97 Å². The summed E-state index contributed by atoms with van der Waals surface area (Å²) in [6, 6.07) is 3.38. The predicted molar refractivity (Wildman–Crippen MR) is 102 cm³/mol. The number of carbonyl (C=O) groups is 1. The number of carbonyl (C=O) groups excluding carboxylic acids is 1. The molecule has 0 saturated carbocycles. The fourth-order valence-electron chi connectivity index (χ4n) is 2.88. The molecule has 162 valence electrons. The molecule has 7 nitrogen and oxygen atoms in total. The van der Waals surface area contributed by atoms with Crippen molar-refractivity contribution in [3.05, 3.63) is 35.0 Å². The van der Waals surface area contributed by atoms with Crippen LogP contribution in [0, 0.1) is 16.7 Å². The molecule has 0 fully saturated rings. The van der Waals surface area contributed by atoms with Crippen LogP contribution in [0.25, 0.3) is 5.82 Å². The number of alkyl halides is 3. The molecule has 0 N–H and O–H groups in total. The Balaban J connectivity index is 2.60. The van der Waals surface area contributed by atoms with E-state index in [0.29, 0.717) is 17.8 Å². The molecular formula is C20H23F3N4O3. The third-order valence-corrected chi connectivity index (χ3v) is 4.57. The number of aryl methyl sites for hydroxylation is 1. The average Bonchev–Trinajstić information content (AvgIpc) is 3.05. The second-order valence-corrected chi connectivity index (χ2v) is 7.17. The molecule has 2 aromatic rings. The molecule has 0 aliphatic heterocycles. The molecule has 0 atom stereocenters. The molecule has 0 amide bonds. The van der Waals surface area contributed by atoms with Crippen molar-refractivity contribution in [3.8, 4) is 17.6 Å². The number of halogens is 3. The van der Waals surface area contributed by atoms with Crippen molar-refractivity contribution < 1.29 is 27.4 Å². The van der Waals surface area contributed by atoms with Gasteiger partial charge in [-0.25, -0.2) is 14.8 Å². The monoisotopic (exact) mass is 424 g/mol. The maximum Gasteiger partial charge on any atom is 0.394 e. The Morgan fingerprint density at radius 3 is 2.47 bits per heavy atom. The maximum absolute atomic E-state index is 13.2. The van der Waals surface area contributed by atoms with E-state index in [9.17, 15) is 23.2 Å². The SMILES string of the molecule is CCOC(=O)c1nc(CC)n(-c2ncc(CC(C)(C)C(F)(F)F)cc2OC)c1C#N. The van der Waals surface area contributed by atoms with Crippen molar-refractivity contribution in [1.82, 2.24) is 14.5 Å². The fraction of sp³-hybridized carbons (Fsp3) is 0.500. The summed E-state index contributed by atoms with van der Waals surface area (Å²) in [5.41, 5.74) is -1.87. The standard InChI is InChI=1S/C20H23F3N4O3/c1-6-15-26-16(18(28)30-7-2)13(10-24)27(15)17-14(29-5)8-12(11-25-17)9-19(3,4)20(21,22)23/h8,11H,6-7,9H2,1-5H3. The lowest BCUT2D eigenvalue weighted by Gasteiger charge is -2.27. The predicted octanol–water partition coefficient (Wildman–Crippen LogP) is 4.02. The van der Waals surface area contributed by atoms with Crippen LogP contribution in [-0.4, -0.2) is 40.4 Å². The Bertz CT molecular complexity index is 975. The van der Waals surface area contributed by atoms with Crippen LogP contribution in [-0.2, 0) is 17.6 Å². The van der Waals surface area contributed by atoms with E-state index in [0.717, 1.165) is 13.8 Å². The molecule has 0 radical (unpaired) electrons. The summed E-state index contributed by atoms with van der Waals surface area (Å²) in [5.74, 6) is -0.0687. The minimum absolute atomic E-state index is 0.0838. The minimum atomic E-state index is -4.39. The third kappa shape index (κ3) is 4.40. The summed E-state index contributed by atoms with van der Waals surface area (Å²) in [5, 5.41) is 9.63. The van der Waals surface area contributed by atoms with Crippen LogP contribution >= 0.6 is 0 Å². The van der Waals surface area contributed by atoms with Gasteiger partial charge in [0.05, 0.1) is 19.1 Å². The van der Waals surface area contributed by atoms with E-state index in [1.165, 1.54) is 23.9 Å². The highest BCUT2D eigenvalue weighted by molar-refractivity contribution is 5.90. The van der Waals surface area contributed by atoms with Gasteiger partial charge in [-0.15, -0.1) is 0 Å². The number of imidazole rings is 1. The van der Waals surface area contributed by atoms with E-state index in [-0.39, 0.29) is 36.0 Å². The van der Waals surface area contributed by atoms with Gasteiger partial charge in [0.15, 0.2) is 23.0 Å². The van der Waals surface area contributed by atoms with Gasteiger partial charge < -0.3 is 9.47 Å². The highest BCUT2D eigenvalue weighted by Gasteiger charge is 2.47. The number of methoxy groups -OCH3 is 1. The molecule has 0 aromatic carbocycles. The summed E-state index contributed by atoms with van der Waals surface area (Å²) in [4.78, 5) is 20.6. The van der Waals surface area contributed by atoms with Crippen LogP contribution in [0.15, 0.2) is 12.3 Å². The van der Waals surface area contributed by atoms with E-state index < -0.39 is 17.6 Å². The van der Waals surface area contributed by atoms with Crippen molar-refractivity contribution in [1.29, 1.82) is 5.26 Å². The summed E-state index contributed by atoms with van der Waals surface area (Å²) in [6.45, 7) is 5.74. The van der Waals surface area contributed by atoms with Gasteiger partial charge >= 0.3 is 12.1 Å². The Morgan fingerprint density at radius 1 is 1.30 bits per heavy atom.